The van der Waals surface area contributed by atoms with Crippen molar-refractivity contribution in [3.8, 4) is 11.3 Å². The van der Waals surface area contributed by atoms with Crippen molar-refractivity contribution in [1.29, 1.82) is 0 Å². The lowest BCUT2D eigenvalue weighted by Crippen LogP contribution is -2.42. The molecule has 1 aromatic carbocycles. The van der Waals surface area contributed by atoms with Crippen molar-refractivity contribution in [2.45, 2.75) is 76.2 Å². The van der Waals surface area contributed by atoms with Gasteiger partial charge in [0.1, 0.15) is 18.4 Å². The summed E-state index contributed by atoms with van der Waals surface area (Å²) in [5, 5.41) is 3.79. The largest absolute Gasteiger partial charge is 0.494 e. The second-order valence-electron chi connectivity index (χ2n) is 10.8. The molecule has 10 nitrogen and oxygen atoms in total. The number of aromatic amines is 1. The van der Waals surface area contributed by atoms with Crippen LogP contribution in [0.5, 0.6) is 0 Å². The van der Waals surface area contributed by atoms with E-state index in [9.17, 15) is 9.59 Å². The second-order valence-corrected chi connectivity index (χ2v) is 10.8. The van der Waals surface area contributed by atoms with E-state index in [1.807, 2.05) is 52.0 Å². The Morgan fingerprint density at radius 3 is 2.42 bits per heavy atom. The lowest BCUT2D eigenvalue weighted by Gasteiger charge is -2.36. The minimum atomic E-state index is -0.665. The molecule has 1 aromatic heterocycles. The van der Waals surface area contributed by atoms with Gasteiger partial charge in [-0.3, -0.25) is 9.63 Å². The first-order valence-electron chi connectivity index (χ1n) is 12.4. The Hall–Kier alpha value is -2.89. The van der Waals surface area contributed by atoms with E-state index in [0.717, 1.165) is 36.0 Å². The molecule has 3 heterocycles. The van der Waals surface area contributed by atoms with Crippen LogP contribution in [0.3, 0.4) is 0 Å². The van der Waals surface area contributed by atoms with E-state index in [-0.39, 0.29) is 24.1 Å². The first-order valence-corrected chi connectivity index (χ1v) is 12.4. The van der Waals surface area contributed by atoms with Crippen LogP contribution in [0.2, 0.25) is 0 Å². The monoisotopic (exact) mass is 496 g/mol. The molecule has 11 heteroatoms. The molecule has 1 spiro atoms. The molecule has 2 N–H and O–H groups in total. The van der Waals surface area contributed by atoms with Crippen LogP contribution in [0, 0.1) is 0 Å². The van der Waals surface area contributed by atoms with Gasteiger partial charge in [0.05, 0.1) is 35.8 Å². The maximum atomic E-state index is 12.9. The van der Waals surface area contributed by atoms with Gasteiger partial charge in [-0.25, -0.2) is 14.8 Å². The number of carbonyl (C=O) groups is 2. The zero-order valence-corrected chi connectivity index (χ0v) is 21.4. The van der Waals surface area contributed by atoms with E-state index in [1.54, 1.807) is 6.20 Å². The highest BCUT2D eigenvalue weighted by Gasteiger charge is 2.53. The number of amides is 2. The molecule has 2 saturated heterocycles. The summed E-state index contributed by atoms with van der Waals surface area (Å²) in [6.07, 6.45) is 4.61. The maximum absolute atomic E-state index is 12.9. The van der Waals surface area contributed by atoms with Gasteiger partial charge in [-0.15, -0.1) is 0 Å². The van der Waals surface area contributed by atoms with Crippen LogP contribution in [0.15, 0.2) is 30.5 Å². The van der Waals surface area contributed by atoms with Crippen molar-refractivity contribution in [3.05, 3.63) is 36.3 Å². The number of imidazole rings is 1. The molecule has 0 bridgehead atoms. The Labute approximate surface area is 211 Å². The highest BCUT2D eigenvalue weighted by Crippen LogP contribution is 2.50. The molecule has 3 fully saturated rings. The topological polar surface area (TPSA) is 115 Å². The first-order chi connectivity index (χ1) is 17.0. The number of rotatable bonds is 5. The summed E-state index contributed by atoms with van der Waals surface area (Å²) in [5.74, 6) is 0.300. The Morgan fingerprint density at radius 2 is 1.83 bits per heavy atom. The normalized spacial score (nSPS) is 23.5. The molecule has 2 aliphatic heterocycles. The number of alkyl carbamates (subject to hydrolysis) is 1. The van der Waals surface area contributed by atoms with Crippen LogP contribution in [-0.2, 0) is 23.7 Å². The number of nitrogens with zero attached hydrogens (tertiary/aromatic N) is 2. The molecule has 36 heavy (non-hydrogen) atoms. The molecule has 192 valence electrons. The van der Waals surface area contributed by atoms with E-state index in [1.165, 1.54) is 12.2 Å². The summed E-state index contributed by atoms with van der Waals surface area (Å²) < 4.78 is 16.9. The van der Waals surface area contributed by atoms with Crippen LogP contribution in [0.1, 0.15) is 65.2 Å². The van der Waals surface area contributed by atoms with Gasteiger partial charge in [0.15, 0.2) is 0 Å². The fourth-order valence-electron chi connectivity index (χ4n) is 4.79. The molecule has 1 saturated carbocycles. The third kappa shape index (κ3) is 4.40. The molecule has 0 radical (unpaired) electrons. The van der Waals surface area contributed by atoms with Crippen molar-refractivity contribution < 1.29 is 28.5 Å². The third-order valence-electron chi connectivity index (χ3n) is 7.88. The molecule has 1 aliphatic carbocycles. The van der Waals surface area contributed by atoms with Gasteiger partial charge in [0, 0.05) is 6.42 Å². The van der Waals surface area contributed by atoms with E-state index in [0.29, 0.717) is 12.2 Å². The van der Waals surface area contributed by atoms with Gasteiger partial charge < -0.3 is 24.3 Å². The van der Waals surface area contributed by atoms with Crippen LogP contribution in [0.25, 0.3) is 11.3 Å². The van der Waals surface area contributed by atoms with Crippen molar-refractivity contribution in [2.75, 3.05) is 13.7 Å². The summed E-state index contributed by atoms with van der Waals surface area (Å²) >= 11 is 0. The maximum Gasteiger partial charge on any atom is 0.494 e. The first kappa shape index (κ1) is 24.8. The quantitative estimate of drug-likeness (QED) is 0.612. The lowest BCUT2D eigenvalue weighted by molar-refractivity contribution is -0.227. The van der Waals surface area contributed by atoms with Crippen LogP contribution >= 0.6 is 0 Å². The van der Waals surface area contributed by atoms with E-state index >= 15 is 0 Å². The number of nitrogens with one attached hydrogen (secondary N) is 2. The SMILES string of the molecule is COC(=O)NCC(=O)N1OC2(CCC2)C[C@H]1c1ncc(-c2ccc(B3OC(C)(C)C(C)(C)O3)cc2)[nH]1. The number of aromatic nitrogens is 2. The number of ether oxygens (including phenoxy) is 1. The van der Waals surface area contributed by atoms with Crippen molar-refractivity contribution in [1.82, 2.24) is 20.3 Å². The smallest absolute Gasteiger partial charge is 0.453 e. The molecule has 1 atom stereocenters. The Balaban J connectivity index is 1.31. The summed E-state index contributed by atoms with van der Waals surface area (Å²) in [4.78, 5) is 38.4. The van der Waals surface area contributed by atoms with E-state index in [4.69, 9.17) is 14.1 Å². The van der Waals surface area contributed by atoms with Crippen molar-refractivity contribution in [3.63, 3.8) is 0 Å². The molecule has 2 amide bonds. The van der Waals surface area contributed by atoms with Crippen LogP contribution in [-0.4, -0.2) is 64.6 Å². The predicted octanol–water partition coefficient (Wildman–Crippen LogP) is 2.86. The average molecular weight is 496 g/mol. The number of hydroxylamine groups is 2. The molecular formula is C25H33BN4O6. The summed E-state index contributed by atoms with van der Waals surface area (Å²) in [5.41, 5.74) is 1.60. The fourth-order valence-corrected chi connectivity index (χ4v) is 4.79. The van der Waals surface area contributed by atoms with Gasteiger partial charge in [0.2, 0.25) is 0 Å². The zero-order chi connectivity index (χ0) is 25.7. The minimum Gasteiger partial charge on any atom is -0.453 e. The van der Waals surface area contributed by atoms with Gasteiger partial charge in [-0.2, -0.15) is 0 Å². The summed E-state index contributed by atoms with van der Waals surface area (Å²) in [6.45, 7) is 7.93. The number of hydrogen-bond donors (Lipinski definition) is 2. The fraction of sp³-hybridized carbons (Fsp3) is 0.560. The molecule has 3 aliphatic rings. The number of methoxy groups -OCH3 is 1. The highest BCUT2D eigenvalue weighted by molar-refractivity contribution is 6.62. The number of H-pyrrole nitrogens is 1. The van der Waals surface area contributed by atoms with Gasteiger partial charge >= 0.3 is 13.2 Å². The predicted molar refractivity (Wildman–Crippen MR) is 132 cm³/mol. The molecule has 5 rings (SSSR count). The zero-order valence-electron chi connectivity index (χ0n) is 21.4. The number of hydrogen-bond acceptors (Lipinski definition) is 7. The number of benzene rings is 1. The van der Waals surface area contributed by atoms with Crippen LogP contribution in [0.4, 0.5) is 4.79 Å². The molecule has 0 unspecified atom stereocenters. The molecule has 2 aromatic rings. The van der Waals surface area contributed by atoms with E-state index < -0.39 is 24.4 Å². The third-order valence-corrected chi connectivity index (χ3v) is 7.88. The Morgan fingerprint density at radius 1 is 1.17 bits per heavy atom. The summed E-state index contributed by atoms with van der Waals surface area (Å²) in [7, 11) is 0.832. The second kappa shape index (κ2) is 8.90. The van der Waals surface area contributed by atoms with Gasteiger partial charge in [0.25, 0.3) is 5.91 Å². The van der Waals surface area contributed by atoms with E-state index in [2.05, 4.69) is 20.0 Å². The Kier molecular flexibility index (Phi) is 6.13. The van der Waals surface area contributed by atoms with Crippen molar-refractivity contribution >= 4 is 24.6 Å². The molecular weight excluding hydrogens is 463 g/mol. The lowest BCUT2D eigenvalue weighted by atomic mass is 9.77. The Bertz CT molecular complexity index is 1130. The number of carbonyl (C=O) groups excluding carboxylic acids is 2. The summed E-state index contributed by atoms with van der Waals surface area (Å²) in [6, 6.07) is 7.62. The van der Waals surface area contributed by atoms with Crippen LogP contribution < -0.4 is 10.8 Å². The van der Waals surface area contributed by atoms with Gasteiger partial charge in [-0.05, 0) is 58.0 Å². The average Bonchev–Trinajstić information content (AvgIpc) is 3.51. The van der Waals surface area contributed by atoms with Gasteiger partial charge in [-0.1, -0.05) is 24.3 Å². The van der Waals surface area contributed by atoms with Crippen molar-refractivity contribution in [2.24, 2.45) is 0 Å². The highest BCUT2D eigenvalue weighted by atomic mass is 16.7. The standard InChI is InChI=1S/C25H33BN4O6/c1-23(2)24(3,4)35-26(34-23)17-9-7-16(8-10-17)18-14-27-21(29-18)19-13-25(11-6-12-25)36-30(19)20(31)15-28-22(32)33-5/h7-10,14,19H,6,11-13,15H2,1-5H3,(H,27,29)(H,28,32)/t19-/m0/s1. The minimum absolute atomic E-state index is 0.215.